The fourth-order valence-electron chi connectivity index (χ4n) is 2.81. The lowest BCUT2D eigenvalue weighted by Crippen LogP contribution is -2.35. The fraction of sp³-hybridized carbons (Fsp3) is 0.950. The van der Waals surface area contributed by atoms with E-state index in [1.54, 1.807) is 0 Å². The van der Waals surface area contributed by atoms with Gasteiger partial charge in [0.1, 0.15) is 0 Å². The van der Waals surface area contributed by atoms with Crippen LogP contribution in [0, 0.1) is 0 Å². The molecule has 0 saturated carbocycles. The SMILES string of the molecule is CO.C[N+](C)(C)CCCCCCCCCCCCCCCC(=O)O. The standard InChI is InChI=1S/C19H39NO2.CH4O/c1-20(2,3)18-16-14-12-10-8-6-4-5-7-9-11-13-15-17-19(21)22;1-2/h4-18H2,1-3H3;2H,1H3/p+1. The van der Waals surface area contributed by atoms with Crippen LogP contribution in [0.4, 0.5) is 0 Å². The maximum atomic E-state index is 10.4. The first kappa shape index (κ1) is 25.6. The Morgan fingerprint density at radius 1 is 0.625 bits per heavy atom. The fourth-order valence-corrected chi connectivity index (χ4v) is 2.81. The van der Waals surface area contributed by atoms with Gasteiger partial charge in [-0.1, -0.05) is 64.2 Å². The molecule has 0 spiro atoms. The van der Waals surface area contributed by atoms with Crippen molar-refractivity contribution in [3.05, 3.63) is 0 Å². The van der Waals surface area contributed by atoms with Crippen LogP contribution in [0.5, 0.6) is 0 Å². The Morgan fingerprint density at radius 3 is 1.21 bits per heavy atom. The van der Waals surface area contributed by atoms with Gasteiger partial charge in [-0.3, -0.25) is 4.79 Å². The number of aliphatic hydroxyl groups is 1. The first-order valence-corrected chi connectivity index (χ1v) is 9.89. The minimum atomic E-state index is -0.655. The van der Waals surface area contributed by atoms with E-state index >= 15 is 0 Å². The zero-order chi connectivity index (χ0) is 18.7. The largest absolute Gasteiger partial charge is 0.481 e. The number of quaternary nitrogens is 1. The highest BCUT2D eigenvalue weighted by Gasteiger charge is 2.04. The van der Waals surface area contributed by atoms with Gasteiger partial charge >= 0.3 is 5.97 Å². The lowest BCUT2D eigenvalue weighted by atomic mass is 10.0. The lowest BCUT2D eigenvalue weighted by Gasteiger charge is -2.23. The summed E-state index contributed by atoms with van der Waals surface area (Å²) in [6.45, 7) is 1.30. The van der Waals surface area contributed by atoms with Crippen LogP contribution < -0.4 is 0 Å². The van der Waals surface area contributed by atoms with E-state index in [0.29, 0.717) is 6.42 Å². The first-order valence-electron chi connectivity index (χ1n) is 9.89. The summed E-state index contributed by atoms with van der Waals surface area (Å²) in [5.41, 5.74) is 0. The molecule has 146 valence electrons. The molecule has 0 aliphatic heterocycles. The summed E-state index contributed by atoms with van der Waals surface area (Å²) in [6, 6.07) is 0. The Labute approximate surface area is 150 Å². The average Bonchev–Trinajstić information content (AvgIpc) is 2.51. The maximum absolute atomic E-state index is 10.4. The van der Waals surface area contributed by atoms with Gasteiger partial charge in [-0.15, -0.1) is 0 Å². The summed E-state index contributed by atoms with van der Waals surface area (Å²) in [6.07, 6.45) is 17.2. The monoisotopic (exact) mass is 346 g/mol. The number of hydrogen-bond acceptors (Lipinski definition) is 2. The van der Waals surface area contributed by atoms with Gasteiger partial charge in [-0.25, -0.2) is 0 Å². The molecule has 0 bridgehead atoms. The molecule has 0 unspecified atom stereocenters. The number of aliphatic carboxylic acids is 1. The highest BCUT2D eigenvalue weighted by Crippen LogP contribution is 2.13. The molecule has 0 amide bonds. The van der Waals surface area contributed by atoms with Crippen LogP contribution in [0.2, 0.25) is 0 Å². The zero-order valence-corrected chi connectivity index (χ0v) is 16.9. The molecule has 0 heterocycles. The smallest absolute Gasteiger partial charge is 0.303 e. The van der Waals surface area contributed by atoms with Crippen LogP contribution in [0.1, 0.15) is 89.9 Å². The molecule has 4 heteroatoms. The van der Waals surface area contributed by atoms with Crippen LogP contribution in [0.25, 0.3) is 0 Å². The van der Waals surface area contributed by atoms with Crippen molar-refractivity contribution in [1.29, 1.82) is 0 Å². The number of carboxylic acid groups (broad SMARTS) is 1. The Morgan fingerprint density at radius 2 is 0.917 bits per heavy atom. The summed E-state index contributed by atoms with van der Waals surface area (Å²) in [5.74, 6) is -0.655. The molecule has 0 atom stereocenters. The molecule has 0 rings (SSSR count). The van der Waals surface area contributed by atoms with Gasteiger partial charge in [0.05, 0.1) is 27.7 Å². The van der Waals surface area contributed by atoms with Gasteiger partial charge in [0.15, 0.2) is 0 Å². The number of unbranched alkanes of at least 4 members (excludes halogenated alkanes) is 12. The number of carbonyl (C=O) groups is 1. The van der Waals surface area contributed by atoms with Gasteiger partial charge in [-0.2, -0.15) is 0 Å². The maximum Gasteiger partial charge on any atom is 0.303 e. The Balaban J connectivity index is 0. The molecule has 24 heavy (non-hydrogen) atoms. The van der Waals surface area contributed by atoms with Gasteiger partial charge in [0.2, 0.25) is 0 Å². The number of carboxylic acids is 1. The second kappa shape index (κ2) is 18.7. The van der Waals surface area contributed by atoms with Crippen LogP contribution in [-0.2, 0) is 4.79 Å². The quantitative estimate of drug-likeness (QED) is 0.310. The average molecular weight is 347 g/mol. The molecule has 0 radical (unpaired) electrons. The van der Waals surface area contributed by atoms with Crippen LogP contribution >= 0.6 is 0 Å². The summed E-state index contributed by atoms with van der Waals surface area (Å²) >= 11 is 0. The van der Waals surface area contributed by atoms with E-state index in [9.17, 15) is 4.79 Å². The van der Waals surface area contributed by atoms with Gasteiger partial charge in [-0.05, 0) is 19.3 Å². The number of nitrogens with zero attached hydrogens (tertiary/aromatic N) is 1. The molecule has 0 aliphatic carbocycles. The summed E-state index contributed by atoms with van der Waals surface area (Å²) < 4.78 is 1.09. The van der Waals surface area contributed by atoms with E-state index < -0.39 is 5.97 Å². The highest BCUT2D eigenvalue weighted by atomic mass is 16.4. The van der Waals surface area contributed by atoms with E-state index in [1.165, 1.54) is 77.2 Å². The number of aliphatic hydroxyl groups excluding tert-OH is 1. The number of rotatable bonds is 16. The Hall–Kier alpha value is -0.610. The van der Waals surface area contributed by atoms with E-state index in [2.05, 4.69) is 21.1 Å². The molecule has 0 aromatic rings. The van der Waals surface area contributed by atoms with Crippen molar-refractivity contribution >= 4 is 5.97 Å². The topological polar surface area (TPSA) is 57.5 Å². The van der Waals surface area contributed by atoms with Crippen molar-refractivity contribution in [3.8, 4) is 0 Å². The molecular formula is C20H44NO3+. The zero-order valence-electron chi connectivity index (χ0n) is 16.9. The van der Waals surface area contributed by atoms with Crippen molar-refractivity contribution in [2.75, 3.05) is 34.8 Å². The van der Waals surface area contributed by atoms with Crippen LogP contribution in [0.3, 0.4) is 0 Å². The third kappa shape index (κ3) is 26.3. The van der Waals surface area contributed by atoms with Gasteiger partial charge < -0.3 is 14.7 Å². The third-order valence-corrected chi connectivity index (χ3v) is 4.22. The van der Waals surface area contributed by atoms with Crippen molar-refractivity contribution in [2.45, 2.75) is 89.9 Å². The predicted molar refractivity (Wildman–Crippen MR) is 103 cm³/mol. The molecule has 0 saturated heterocycles. The van der Waals surface area contributed by atoms with Crippen LogP contribution in [0.15, 0.2) is 0 Å². The Bertz CT molecular complexity index is 262. The summed E-state index contributed by atoms with van der Waals surface area (Å²) in [5, 5.41) is 15.5. The summed E-state index contributed by atoms with van der Waals surface area (Å²) in [7, 11) is 7.81. The normalized spacial score (nSPS) is 11.0. The summed E-state index contributed by atoms with van der Waals surface area (Å²) in [4.78, 5) is 10.4. The van der Waals surface area contributed by atoms with Gasteiger partial charge in [0.25, 0.3) is 0 Å². The molecule has 0 aromatic heterocycles. The van der Waals surface area contributed by atoms with Crippen molar-refractivity contribution < 1.29 is 19.5 Å². The first-order chi connectivity index (χ1) is 11.4. The van der Waals surface area contributed by atoms with E-state index in [-0.39, 0.29) is 0 Å². The number of hydrogen-bond donors (Lipinski definition) is 2. The molecule has 0 aromatic carbocycles. The lowest BCUT2D eigenvalue weighted by molar-refractivity contribution is -0.870. The van der Waals surface area contributed by atoms with Crippen molar-refractivity contribution in [1.82, 2.24) is 0 Å². The van der Waals surface area contributed by atoms with E-state index in [4.69, 9.17) is 10.2 Å². The molecule has 4 nitrogen and oxygen atoms in total. The Kier molecular flexibility index (Phi) is 20.0. The molecule has 0 aliphatic rings. The van der Waals surface area contributed by atoms with Crippen LogP contribution in [-0.4, -0.2) is 55.5 Å². The highest BCUT2D eigenvalue weighted by molar-refractivity contribution is 5.66. The van der Waals surface area contributed by atoms with Gasteiger partial charge in [0, 0.05) is 13.5 Å². The second-order valence-corrected chi connectivity index (χ2v) is 7.75. The molecular weight excluding hydrogens is 302 g/mol. The third-order valence-electron chi connectivity index (χ3n) is 4.22. The minimum absolute atomic E-state index is 0.342. The minimum Gasteiger partial charge on any atom is -0.481 e. The van der Waals surface area contributed by atoms with E-state index in [1.807, 2.05) is 0 Å². The second-order valence-electron chi connectivity index (χ2n) is 7.75. The predicted octanol–water partition coefficient (Wildman–Crippen LogP) is 4.85. The van der Waals surface area contributed by atoms with Crippen molar-refractivity contribution in [2.24, 2.45) is 0 Å². The van der Waals surface area contributed by atoms with Crippen molar-refractivity contribution in [3.63, 3.8) is 0 Å². The molecule has 2 N–H and O–H groups in total. The molecule has 0 fully saturated rings. The van der Waals surface area contributed by atoms with E-state index in [0.717, 1.165) is 24.4 Å².